The van der Waals surface area contributed by atoms with E-state index in [1.165, 1.54) is 24.3 Å². The van der Waals surface area contributed by atoms with Crippen LogP contribution in [0, 0.1) is 0 Å². The van der Waals surface area contributed by atoms with Crippen LogP contribution in [0.3, 0.4) is 0 Å². The van der Waals surface area contributed by atoms with Gasteiger partial charge in [0, 0.05) is 16.6 Å². The topological polar surface area (TPSA) is 110 Å². The number of rotatable bonds is 4. The minimum Gasteiger partial charge on any atom is -0.366 e. The standard InChI is InChI=1S/C19H15N3O4S/c20-19(24)13-7-9-14(10-8-13)21-17(23)11-22-15-5-1-3-12-4-2-6-16(18(12)15)27(22,25)26/h1-10H,11H2,(H2,20,24)(H,21,23). The predicted octanol–water partition coefficient (Wildman–Crippen LogP) is 2.09. The van der Waals surface area contributed by atoms with Gasteiger partial charge in [-0.15, -0.1) is 0 Å². The highest BCUT2D eigenvalue weighted by Crippen LogP contribution is 2.41. The van der Waals surface area contributed by atoms with Crippen LogP contribution in [0.1, 0.15) is 10.4 Å². The zero-order valence-corrected chi connectivity index (χ0v) is 14.9. The van der Waals surface area contributed by atoms with E-state index in [1.807, 2.05) is 12.1 Å². The normalized spacial score (nSPS) is 14.3. The molecule has 0 saturated carbocycles. The first-order valence-electron chi connectivity index (χ1n) is 8.12. The Morgan fingerprint density at radius 1 is 0.963 bits per heavy atom. The molecule has 1 heterocycles. The van der Waals surface area contributed by atoms with E-state index >= 15 is 0 Å². The van der Waals surface area contributed by atoms with E-state index in [0.29, 0.717) is 22.3 Å². The molecule has 27 heavy (non-hydrogen) atoms. The molecule has 0 aliphatic carbocycles. The smallest absolute Gasteiger partial charge is 0.265 e. The summed E-state index contributed by atoms with van der Waals surface area (Å²) in [5.41, 5.74) is 6.43. The molecule has 0 spiro atoms. The number of nitrogens with zero attached hydrogens (tertiary/aromatic N) is 1. The van der Waals surface area contributed by atoms with E-state index in [0.717, 1.165) is 9.69 Å². The van der Waals surface area contributed by atoms with Gasteiger partial charge in [0.2, 0.25) is 11.8 Å². The molecular weight excluding hydrogens is 366 g/mol. The lowest BCUT2D eigenvalue weighted by molar-refractivity contribution is -0.114. The van der Waals surface area contributed by atoms with Crippen molar-refractivity contribution in [3.8, 4) is 0 Å². The van der Waals surface area contributed by atoms with Crippen LogP contribution in [0.15, 0.2) is 65.6 Å². The number of hydrogen-bond acceptors (Lipinski definition) is 4. The van der Waals surface area contributed by atoms with E-state index in [9.17, 15) is 18.0 Å². The summed E-state index contributed by atoms with van der Waals surface area (Å²) in [7, 11) is -3.79. The van der Waals surface area contributed by atoms with Gasteiger partial charge >= 0.3 is 0 Å². The van der Waals surface area contributed by atoms with Crippen LogP contribution in [-0.4, -0.2) is 26.8 Å². The van der Waals surface area contributed by atoms with Crippen molar-refractivity contribution in [1.29, 1.82) is 0 Å². The van der Waals surface area contributed by atoms with Crippen LogP contribution in [-0.2, 0) is 14.8 Å². The van der Waals surface area contributed by atoms with E-state index < -0.39 is 21.8 Å². The average Bonchev–Trinajstić information content (AvgIpc) is 2.86. The van der Waals surface area contributed by atoms with E-state index in [2.05, 4.69) is 5.32 Å². The highest BCUT2D eigenvalue weighted by molar-refractivity contribution is 7.93. The molecule has 2 amide bonds. The summed E-state index contributed by atoms with van der Waals surface area (Å²) < 4.78 is 26.8. The first kappa shape index (κ1) is 17.0. The second-order valence-corrected chi connectivity index (χ2v) is 7.96. The van der Waals surface area contributed by atoms with Crippen LogP contribution in [0.4, 0.5) is 11.4 Å². The Bertz CT molecular complexity index is 1180. The lowest BCUT2D eigenvalue weighted by Crippen LogP contribution is -2.35. The molecule has 0 bridgehead atoms. The maximum absolute atomic E-state index is 12.9. The molecule has 0 aromatic heterocycles. The molecule has 8 heteroatoms. The zero-order valence-electron chi connectivity index (χ0n) is 14.0. The number of benzene rings is 3. The third-order valence-corrected chi connectivity index (χ3v) is 6.22. The second kappa shape index (κ2) is 6.10. The van der Waals surface area contributed by atoms with Crippen molar-refractivity contribution >= 4 is 44.0 Å². The Kier molecular flexibility index (Phi) is 3.85. The maximum atomic E-state index is 12.9. The molecule has 0 fully saturated rings. The van der Waals surface area contributed by atoms with Crippen molar-refractivity contribution in [1.82, 2.24) is 0 Å². The largest absolute Gasteiger partial charge is 0.366 e. The van der Waals surface area contributed by atoms with Crippen LogP contribution in [0.2, 0.25) is 0 Å². The predicted molar refractivity (Wildman–Crippen MR) is 102 cm³/mol. The lowest BCUT2D eigenvalue weighted by Gasteiger charge is -2.18. The summed E-state index contributed by atoms with van der Waals surface area (Å²) in [5, 5.41) is 4.06. The van der Waals surface area contributed by atoms with Crippen LogP contribution in [0.25, 0.3) is 10.8 Å². The van der Waals surface area contributed by atoms with Crippen molar-refractivity contribution in [2.75, 3.05) is 16.2 Å². The van der Waals surface area contributed by atoms with Crippen molar-refractivity contribution in [3.05, 3.63) is 66.2 Å². The molecule has 7 nitrogen and oxygen atoms in total. The fourth-order valence-electron chi connectivity index (χ4n) is 3.18. The molecule has 0 radical (unpaired) electrons. The fraction of sp³-hybridized carbons (Fsp3) is 0.0526. The molecule has 3 N–H and O–H groups in total. The third-order valence-electron chi connectivity index (χ3n) is 4.42. The molecule has 4 rings (SSSR count). The van der Waals surface area contributed by atoms with Gasteiger partial charge in [-0.2, -0.15) is 0 Å². The van der Waals surface area contributed by atoms with E-state index in [1.54, 1.807) is 24.3 Å². The Balaban J connectivity index is 1.60. The van der Waals surface area contributed by atoms with Gasteiger partial charge in [0.15, 0.2) is 0 Å². The number of nitrogens with two attached hydrogens (primary N) is 1. The molecule has 3 aromatic carbocycles. The number of amides is 2. The van der Waals surface area contributed by atoms with Crippen molar-refractivity contribution in [2.24, 2.45) is 5.73 Å². The minimum absolute atomic E-state index is 0.203. The van der Waals surface area contributed by atoms with Crippen LogP contribution < -0.4 is 15.4 Å². The average molecular weight is 381 g/mol. The summed E-state index contributed by atoms with van der Waals surface area (Å²) in [5.74, 6) is -1.06. The number of sulfonamides is 1. The number of primary amides is 1. The Morgan fingerprint density at radius 2 is 1.63 bits per heavy atom. The summed E-state index contributed by atoms with van der Waals surface area (Å²) >= 11 is 0. The monoisotopic (exact) mass is 381 g/mol. The lowest BCUT2D eigenvalue weighted by atomic mass is 10.1. The Labute approximate surface area is 155 Å². The van der Waals surface area contributed by atoms with Crippen molar-refractivity contribution in [3.63, 3.8) is 0 Å². The molecule has 0 unspecified atom stereocenters. The quantitative estimate of drug-likeness (QED) is 0.721. The van der Waals surface area contributed by atoms with Gasteiger partial charge in [0.1, 0.15) is 6.54 Å². The summed E-state index contributed by atoms with van der Waals surface area (Å²) in [4.78, 5) is 23.7. The van der Waals surface area contributed by atoms with Gasteiger partial charge in [-0.05, 0) is 41.8 Å². The zero-order chi connectivity index (χ0) is 19.2. The molecular formula is C19H15N3O4S. The first-order valence-corrected chi connectivity index (χ1v) is 9.56. The van der Waals surface area contributed by atoms with Crippen LogP contribution >= 0.6 is 0 Å². The third kappa shape index (κ3) is 2.80. The maximum Gasteiger partial charge on any atom is 0.265 e. The number of anilines is 2. The van der Waals surface area contributed by atoms with Crippen molar-refractivity contribution in [2.45, 2.75) is 4.90 Å². The van der Waals surface area contributed by atoms with Crippen LogP contribution in [0.5, 0.6) is 0 Å². The highest BCUT2D eigenvalue weighted by atomic mass is 32.2. The summed E-state index contributed by atoms with van der Waals surface area (Å²) in [6, 6.07) is 16.4. The van der Waals surface area contributed by atoms with Gasteiger partial charge < -0.3 is 11.1 Å². The Hall–Kier alpha value is -3.39. The highest BCUT2D eigenvalue weighted by Gasteiger charge is 2.36. The van der Waals surface area contributed by atoms with Gasteiger partial charge in [-0.1, -0.05) is 24.3 Å². The van der Waals surface area contributed by atoms with Gasteiger partial charge in [0.25, 0.3) is 10.0 Å². The first-order chi connectivity index (χ1) is 12.9. The minimum atomic E-state index is -3.79. The molecule has 0 saturated heterocycles. The number of carbonyl (C=O) groups excluding carboxylic acids is 2. The number of hydrogen-bond donors (Lipinski definition) is 2. The van der Waals surface area contributed by atoms with Gasteiger partial charge in [-0.25, -0.2) is 8.42 Å². The molecule has 3 aromatic rings. The van der Waals surface area contributed by atoms with Crippen molar-refractivity contribution < 1.29 is 18.0 Å². The SMILES string of the molecule is NC(=O)c1ccc(NC(=O)CN2c3cccc4cccc(c34)S2(=O)=O)cc1. The fourth-order valence-corrected chi connectivity index (χ4v) is 4.84. The van der Waals surface area contributed by atoms with E-state index in [4.69, 9.17) is 5.73 Å². The van der Waals surface area contributed by atoms with E-state index in [-0.39, 0.29) is 11.4 Å². The molecule has 1 aliphatic heterocycles. The Morgan fingerprint density at radius 3 is 2.30 bits per heavy atom. The second-order valence-electron chi connectivity index (χ2n) is 6.13. The summed E-state index contributed by atoms with van der Waals surface area (Å²) in [6.45, 7) is -0.353. The molecule has 0 atom stereocenters. The number of carbonyl (C=O) groups is 2. The summed E-state index contributed by atoms with van der Waals surface area (Å²) in [6.07, 6.45) is 0. The molecule has 136 valence electrons. The van der Waals surface area contributed by atoms with Gasteiger partial charge in [-0.3, -0.25) is 13.9 Å². The van der Waals surface area contributed by atoms with Gasteiger partial charge in [0.05, 0.1) is 10.6 Å². The number of nitrogens with one attached hydrogen (secondary N) is 1. The molecule has 1 aliphatic rings.